The number of piperidine rings is 1. The molecule has 1 fully saturated rings. The van der Waals surface area contributed by atoms with Crippen molar-refractivity contribution in [1.29, 1.82) is 0 Å². The van der Waals surface area contributed by atoms with Crippen LogP contribution in [0, 0.1) is 5.92 Å². The summed E-state index contributed by atoms with van der Waals surface area (Å²) in [5, 5.41) is 0.629. The number of sulfonamides is 1. The third kappa shape index (κ3) is 3.88. The van der Waals surface area contributed by atoms with E-state index in [0.717, 1.165) is 0 Å². The summed E-state index contributed by atoms with van der Waals surface area (Å²) >= 11 is 12.0. The fourth-order valence-electron chi connectivity index (χ4n) is 2.37. The van der Waals surface area contributed by atoms with Crippen molar-refractivity contribution in [3.8, 4) is 0 Å². The van der Waals surface area contributed by atoms with Crippen LogP contribution in [-0.2, 0) is 20.6 Å². The lowest BCUT2D eigenvalue weighted by Crippen LogP contribution is -2.44. The molecule has 1 aliphatic heterocycles. The fraction of sp³-hybridized carbons (Fsp3) is 0.462. The van der Waals surface area contributed by atoms with Crippen LogP contribution in [0.5, 0.6) is 0 Å². The monoisotopic (exact) mass is 350 g/mol. The second kappa shape index (κ2) is 6.52. The zero-order chi connectivity index (χ0) is 15.6. The molecular weight excluding hydrogens is 335 g/mol. The van der Waals surface area contributed by atoms with Gasteiger partial charge >= 0.3 is 0 Å². The Bertz CT molecular complexity index is 629. The zero-order valence-corrected chi connectivity index (χ0v) is 13.6. The molecule has 1 amide bonds. The lowest BCUT2D eigenvalue weighted by atomic mass is 9.99. The third-order valence-corrected chi connectivity index (χ3v) is 6.05. The molecule has 0 aromatic heterocycles. The first kappa shape index (κ1) is 16.5. The lowest BCUT2D eigenvalue weighted by molar-refractivity contribution is -0.122. The van der Waals surface area contributed by atoms with E-state index in [1.54, 1.807) is 18.2 Å². The van der Waals surface area contributed by atoms with Crippen molar-refractivity contribution in [3.05, 3.63) is 33.8 Å². The summed E-state index contributed by atoms with van der Waals surface area (Å²) in [6.45, 7) is 0.508. The molecule has 0 bridgehead atoms. The first-order chi connectivity index (χ1) is 9.81. The third-order valence-electron chi connectivity index (χ3n) is 3.57. The Morgan fingerprint density at radius 3 is 2.52 bits per heavy atom. The highest BCUT2D eigenvalue weighted by atomic mass is 35.5. The van der Waals surface area contributed by atoms with Crippen molar-refractivity contribution in [3.63, 3.8) is 0 Å². The van der Waals surface area contributed by atoms with Gasteiger partial charge < -0.3 is 5.73 Å². The highest BCUT2D eigenvalue weighted by Gasteiger charge is 2.32. The van der Waals surface area contributed by atoms with E-state index in [-0.39, 0.29) is 12.3 Å². The molecule has 1 aliphatic rings. The summed E-state index contributed by atoms with van der Waals surface area (Å²) < 4.78 is 26.3. The topological polar surface area (TPSA) is 80.5 Å². The Labute approximate surface area is 134 Å². The molecule has 21 heavy (non-hydrogen) atoms. The van der Waals surface area contributed by atoms with E-state index in [1.807, 2.05) is 0 Å². The summed E-state index contributed by atoms with van der Waals surface area (Å²) in [6.07, 6.45) is 1.23. The number of amides is 1. The van der Waals surface area contributed by atoms with Crippen LogP contribution < -0.4 is 5.73 Å². The number of halogens is 2. The van der Waals surface area contributed by atoms with E-state index in [0.29, 0.717) is 35.0 Å². The number of rotatable bonds is 4. The highest BCUT2D eigenvalue weighted by molar-refractivity contribution is 7.88. The van der Waals surface area contributed by atoms with Crippen molar-refractivity contribution in [2.45, 2.75) is 18.6 Å². The van der Waals surface area contributed by atoms with Gasteiger partial charge in [0.05, 0.1) is 11.7 Å². The maximum atomic E-state index is 12.5. The normalized spacial score (nSPS) is 20.4. The predicted molar refractivity (Wildman–Crippen MR) is 82.6 cm³/mol. The number of carbonyl (C=O) groups is 1. The SMILES string of the molecule is NC(=O)[C@H]1CCCN(S(=O)(=O)Cc2c(Cl)cccc2Cl)C1. The Kier molecular flexibility index (Phi) is 5.14. The molecule has 0 unspecified atom stereocenters. The first-order valence-electron chi connectivity index (χ1n) is 6.51. The summed E-state index contributed by atoms with van der Waals surface area (Å²) in [5.41, 5.74) is 5.65. The van der Waals surface area contributed by atoms with Crippen LogP contribution in [0.2, 0.25) is 10.0 Å². The number of primary amides is 1. The summed E-state index contributed by atoms with van der Waals surface area (Å²) in [4.78, 5) is 11.3. The maximum Gasteiger partial charge on any atom is 0.221 e. The van der Waals surface area contributed by atoms with E-state index in [2.05, 4.69) is 0 Å². The molecule has 1 heterocycles. The number of carbonyl (C=O) groups excluding carboxylic acids is 1. The molecule has 2 rings (SSSR count). The summed E-state index contributed by atoms with van der Waals surface area (Å²) in [6, 6.07) is 4.85. The van der Waals surface area contributed by atoms with Crippen molar-refractivity contribution in [2.24, 2.45) is 11.7 Å². The Balaban J connectivity index is 2.20. The van der Waals surface area contributed by atoms with E-state index >= 15 is 0 Å². The molecule has 1 saturated heterocycles. The second-order valence-electron chi connectivity index (χ2n) is 5.06. The van der Waals surface area contributed by atoms with Gasteiger partial charge in [-0.25, -0.2) is 12.7 Å². The van der Waals surface area contributed by atoms with E-state index in [1.165, 1.54) is 4.31 Å². The molecule has 0 radical (unpaired) electrons. The van der Waals surface area contributed by atoms with Crippen molar-refractivity contribution in [1.82, 2.24) is 4.31 Å². The van der Waals surface area contributed by atoms with Gasteiger partial charge in [-0.05, 0) is 25.0 Å². The van der Waals surface area contributed by atoms with E-state index in [9.17, 15) is 13.2 Å². The minimum absolute atomic E-state index is 0.125. The van der Waals surface area contributed by atoms with Gasteiger partial charge in [0.25, 0.3) is 0 Å². The average molecular weight is 351 g/mol. The van der Waals surface area contributed by atoms with Crippen LogP contribution in [0.3, 0.4) is 0 Å². The van der Waals surface area contributed by atoms with Crippen LogP contribution in [0.4, 0.5) is 0 Å². The quantitative estimate of drug-likeness (QED) is 0.901. The van der Waals surface area contributed by atoms with Gasteiger partial charge in [0.2, 0.25) is 15.9 Å². The predicted octanol–water partition coefficient (Wildman–Crippen LogP) is 2.02. The lowest BCUT2D eigenvalue weighted by Gasteiger charge is -2.30. The van der Waals surface area contributed by atoms with Gasteiger partial charge in [-0.15, -0.1) is 0 Å². The molecule has 0 saturated carbocycles. The summed E-state index contributed by atoms with van der Waals surface area (Å²) in [5.74, 6) is -1.18. The number of nitrogens with two attached hydrogens (primary N) is 1. The van der Waals surface area contributed by atoms with Crippen LogP contribution in [0.1, 0.15) is 18.4 Å². The minimum atomic E-state index is -3.59. The zero-order valence-electron chi connectivity index (χ0n) is 11.3. The maximum absolute atomic E-state index is 12.5. The van der Waals surface area contributed by atoms with Crippen LogP contribution in [-0.4, -0.2) is 31.7 Å². The standard InChI is InChI=1S/C13H16Cl2N2O3S/c14-11-4-1-5-12(15)10(11)8-21(19,20)17-6-2-3-9(7-17)13(16)18/h1,4-5,9H,2-3,6-8H2,(H2,16,18)/t9-/m0/s1. The van der Waals surface area contributed by atoms with E-state index < -0.39 is 21.8 Å². The molecule has 1 aromatic rings. The second-order valence-corrected chi connectivity index (χ2v) is 7.84. The van der Waals surface area contributed by atoms with Gasteiger partial charge in [0.1, 0.15) is 0 Å². The summed E-state index contributed by atoms with van der Waals surface area (Å²) in [7, 11) is -3.59. The van der Waals surface area contributed by atoms with Gasteiger partial charge in [-0.3, -0.25) is 4.79 Å². The van der Waals surface area contributed by atoms with Gasteiger partial charge in [0.15, 0.2) is 0 Å². The van der Waals surface area contributed by atoms with Crippen molar-refractivity contribution in [2.75, 3.05) is 13.1 Å². The highest BCUT2D eigenvalue weighted by Crippen LogP contribution is 2.28. The number of nitrogens with zero attached hydrogens (tertiary/aromatic N) is 1. The van der Waals surface area contributed by atoms with Crippen molar-refractivity contribution >= 4 is 39.1 Å². The molecule has 8 heteroatoms. The number of benzene rings is 1. The molecule has 0 aliphatic carbocycles. The van der Waals surface area contributed by atoms with Crippen LogP contribution in [0.25, 0.3) is 0 Å². The van der Waals surface area contributed by atoms with Crippen LogP contribution in [0.15, 0.2) is 18.2 Å². The number of hydrogen-bond acceptors (Lipinski definition) is 3. The average Bonchev–Trinajstić information content (AvgIpc) is 2.43. The van der Waals surface area contributed by atoms with Crippen molar-refractivity contribution < 1.29 is 13.2 Å². The van der Waals surface area contributed by atoms with E-state index in [4.69, 9.17) is 28.9 Å². The Morgan fingerprint density at radius 1 is 1.33 bits per heavy atom. The van der Waals surface area contributed by atoms with Gasteiger partial charge in [-0.1, -0.05) is 29.3 Å². The molecule has 5 nitrogen and oxygen atoms in total. The molecule has 0 spiro atoms. The Hall–Kier alpha value is -0.820. The minimum Gasteiger partial charge on any atom is -0.369 e. The molecule has 2 N–H and O–H groups in total. The van der Waals surface area contributed by atoms with Gasteiger partial charge in [0, 0.05) is 28.7 Å². The molecule has 1 atom stereocenters. The van der Waals surface area contributed by atoms with Crippen LogP contribution >= 0.6 is 23.2 Å². The molecule has 1 aromatic carbocycles. The smallest absolute Gasteiger partial charge is 0.221 e. The molecular formula is C13H16Cl2N2O3S. The molecule has 116 valence electrons. The fourth-order valence-corrected chi connectivity index (χ4v) is 4.73. The Morgan fingerprint density at radius 2 is 1.95 bits per heavy atom. The largest absolute Gasteiger partial charge is 0.369 e. The van der Waals surface area contributed by atoms with Gasteiger partial charge in [-0.2, -0.15) is 0 Å². The number of hydrogen-bond donors (Lipinski definition) is 1. The first-order valence-corrected chi connectivity index (χ1v) is 8.88.